The van der Waals surface area contributed by atoms with Crippen LogP contribution in [0.3, 0.4) is 0 Å². The van der Waals surface area contributed by atoms with Crippen molar-refractivity contribution >= 4 is 33.2 Å². The maximum atomic E-state index is 12.1. The number of nitrogens with two attached hydrogens (primary N) is 1. The number of benzene rings is 1. The van der Waals surface area contributed by atoms with Crippen molar-refractivity contribution in [2.24, 2.45) is 0 Å². The summed E-state index contributed by atoms with van der Waals surface area (Å²) in [6, 6.07) is 6.58. The topological polar surface area (TPSA) is 77.2 Å². The van der Waals surface area contributed by atoms with Gasteiger partial charge in [0.1, 0.15) is 5.75 Å². The van der Waals surface area contributed by atoms with Crippen molar-refractivity contribution in [1.82, 2.24) is 4.98 Å². The first kappa shape index (κ1) is 13.4. The van der Waals surface area contributed by atoms with Crippen molar-refractivity contribution in [3.63, 3.8) is 0 Å². The second-order valence-corrected chi connectivity index (χ2v) is 4.62. The third-order valence-corrected chi connectivity index (χ3v) is 3.15. The Morgan fingerprint density at radius 3 is 2.89 bits per heavy atom. The molecule has 1 heterocycles. The molecule has 6 heteroatoms. The average molecular weight is 322 g/mol. The smallest absolute Gasteiger partial charge is 0.255 e. The summed E-state index contributed by atoms with van der Waals surface area (Å²) >= 11 is 3.32. The van der Waals surface area contributed by atoms with Gasteiger partial charge in [0.2, 0.25) is 0 Å². The van der Waals surface area contributed by atoms with Gasteiger partial charge < -0.3 is 15.8 Å². The lowest BCUT2D eigenvalue weighted by molar-refractivity contribution is 0.102. The van der Waals surface area contributed by atoms with E-state index in [0.717, 1.165) is 0 Å². The molecular formula is C13H12BrN3O2. The van der Waals surface area contributed by atoms with Crippen LogP contribution >= 0.6 is 15.9 Å². The number of pyridine rings is 1. The molecular weight excluding hydrogens is 310 g/mol. The SMILES string of the molecule is COc1cc(C(=O)Nc2ccncc2Br)ccc1N. The van der Waals surface area contributed by atoms with Crippen molar-refractivity contribution in [3.8, 4) is 5.75 Å². The van der Waals surface area contributed by atoms with Gasteiger partial charge in [0.25, 0.3) is 5.91 Å². The molecule has 19 heavy (non-hydrogen) atoms. The number of aromatic nitrogens is 1. The molecule has 1 aromatic carbocycles. The van der Waals surface area contributed by atoms with Crippen molar-refractivity contribution in [2.45, 2.75) is 0 Å². The Hall–Kier alpha value is -2.08. The minimum absolute atomic E-state index is 0.245. The highest BCUT2D eigenvalue weighted by molar-refractivity contribution is 9.10. The van der Waals surface area contributed by atoms with E-state index in [1.807, 2.05) is 0 Å². The fourth-order valence-corrected chi connectivity index (χ4v) is 1.87. The van der Waals surface area contributed by atoms with E-state index in [1.165, 1.54) is 7.11 Å². The summed E-state index contributed by atoms with van der Waals surface area (Å²) in [5.41, 5.74) is 7.31. The Kier molecular flexibility index (Phi) is 4.01. The Balaban J connectivity index is 2.23. The molecule has 0 bridgehead atoms. The molecule has 2 rings (SSSR count). The average Bonchev–Trinajstić information content (AvgIpc) is 2.42. The summed E-state index contributed by atoms with van der Waals surface area (Å²) in [5, 5.41) is 2.78. The van der Waals surface area contributed by atoms with Gasteiger partial charge in [0.15, 0.2) is 0 Å². The maximum Gasteiger partial charge on any atom is 0.255 e. The van der Waals surface area contributed by atoms with Crippen LogP contribution in [0, 0.1) is 0 Å². The maximum absolute atomic E-state index is 12.1. The molecule has 1 amide bonds. The van der Waals surface area contributed by atoms with Gasteiger partial charge in [-0.15, -0.1) is 0 Å². The van der Waals surface area contributed by atoms with E-state index in [1.54, 1.807) is 36.7 Å². The largest absolute Gasteiger partial charge is 0.495 e. The lowest BCUT2D eigenvalue weighted by atomic mass is 10.1. The Bertz CT molecular complexity index is 617. The van der Waals surface area contributed by atoms with E-state index < -0.39 is 0 Å². The number of hydrogen-bond donors (Lipinski definition) is 2. The van der Waals surface area contributed by atoms with E-state index in [4.69, 9.17) is 10.5 Å². The number of nitrogen functional groups attached to an aromatic ring is 1. The summed E-state index contributed by atoms with van der Waals surface area (Å²) in [5.74, 6) is 0.228. The number of carbonyl (C=O) groups excluding carboxylic acids is 1. The molecule has 3 N–H and O–H groups in total. The highest BCUT2D eigenvalue weighted by Gasteiger charge is 2.10. The van der Waals surface area contributed by atoms with Crippen LogP contribution in [0.4, 0.5) is 11.4 Å². The van der Waals surface area contributed by atoms with E-state index in [2.05, 4.69) is 26.2 Å². The number of anilines is 2. The summed E-state index contributed by atoms with van der Waals surface area (Å²) in [6.45, 7) is 0. The fraction of sp³-hybridized carbons (Fsp3) is 0.0769. The number of nitrogens with zero attached hydrogens (tertiary/aromatic N) is 1. The number of nitrogens with one attached hydrogen (secondary N) is 1. The molecule has 0 atom stereocenters. The molecule has 0 saturated carbocycles. The number of methoxy groups -OCH3 is 1. The Labute approximate surface area is 118 Å². The number of carbonyl (C=O) groups is 1. The van der Waals surface area contributed by atoms with E-state index in [-0.39, 0.29) is 5.91 Å². The van der Waals surface area contributed by atoms with Gasteiger partial charge in [-0.3, -0.25) is 9.78 Å². The summed E-state index contributed by atoms with van der Waals surface area (Å²) < 4.78 is 5.80. The first-order valence-corrected chi connectivity index (χ1v) is 6.25. The number of ether oxygens (including phenoxy) is 1. The van der Waals surface area contributed by atoms with Crippen LogP contribution in [0.15, 0.2) is 41.1 Å². The predicted octanol–water partition coefficient (Wildman–Crippen LogP) is 2.69. The molecule has 0 saturated heterocycles. The zero-order chi connectivity index (χ0) is 13.8. The lowest BCUT2D eigenvalue weighted by Crippen LogP contribution is -2.12. The zero-order valence-electron chi connectivity index (χ0n) is 10.2. The standard InChI is InChI=1S/C13H12BrN3O2/c1-19-12-6-8(2-3-10(12)15)13(18)17-11-4-5-16-7-9(11)14/h2-7H,15H2,1H3,(H,16,17,18). The van der Waals surface area contributed by atoms with Gasteiger partial charge in [-0.25, -0.2) is 0 Å². The summed E-state index contributed by atoms with van der Waals surface area (Å²) in [6.07, 6.45) is 3.21. The second kappa shape index (κ2) is 5.71. The van der Waals surface area contributed by atoms with Crippen LogP contribution in [-0.4, -0.2) is 18.0 Å². The fourth-order valence-electron chi connectivity index (χ4n) is 1.52. The highest BCUT2D eigenvalue weighted by Crippen LogP contribution is 2.24. The van der Waals surface area contributed by atoms with Crippen LogP contribution in [0.1, 0.15) is 10.4 Å². The van der Waals surface area contributed by atoms with Crippen LogP contribution < -0.4 is 15.8 Å². The number of hydrogen-bond acceptors (Lipinski definition) is 4. The van der Waals surface area contributed by atoms with Crippen LogP contribution in [0.25, 0.3) is 0 Å². The first-order chi connectivity index (χ1) is 9.11. The third-order valence-electron chi connectivity index (χ3n) is 2.52. The van der Waals surface area contributed by atoms with Gasteiger partial charge in [-0.05, 0) is 40.2 Å². The molecule has 5 nitrogen and oxygen atoms in total. The monoisotopic (exact) mass is 321 g/mol. The van der Waals surface area contributed by atoms with E-state index in [0.29, 0.717) is 27.2 Å². The van der Waals surface area contributed by atoms with Crippen molar-refractivity contribution in [1.29, 1.82) is 0 Å². The van der Waals surface area contributed by atoms with Gasteiger partial charge in [-0.1, -0.05) is 0 Å². The predicted molar refractivity (Wildman–Crippen MR) is 77.3 cm³/mol. The van der Waals surface area contributed by atoms with E-state index in [9.17, 15) is 4.79 Å². The Morgan fingerprint density at radius 2 is 2.21 bits per heavy atom. The van der Waals surface area contributed by atoms with Gasteiger partial charge >= 0.3 is 0 Å². The second-order valence-electron chi connectivity index (χ2n) is 3.77. The van der Waals surface area contributed by atoms with Crippen LogP contribution in [-0.2, 0) is 0 Å². The van der Waals surface area contributed by atoms with Crippen LogP contribution in [0.2, 0.25) is 0 Å². The van der Waals surface area contributed by atoms with Gasteiger partial charge in [-0.2, -0.15) is 0 Å². The molecule has 0 aliphatic heterocycles. The molecule has 0 radical (unpaired) electrons. The van der Waals surface area contributed by atoms with E-state index >= 15 is 0 Å². The van der Waals surface area contributed by atoms with Crippen molar-refractivity contribution in [2.75, 3.05) is 18.2 Å². The first-order valence-electron chi connectivity index (χ1n) is 5.46. The minimum Gasteiger partial charge on any atom is -0.495 e. The number of amides is 1. The molecule has 0 fully saturated rings. The summed E-state index contributed by atoms with van der Waals surface area (Å²) in [4.78, 5) is 16.0. The zero-order valence-corrected chi connectivity index (χ0v) is 11.8. The van der Waals surface area contributed by atoms with Gasteiger partial charge in [0.05, 0.1) is 23.0 Å². The number of halogens is 1. The minimum atomic E-state index is -0.245. The molecule has 0 aliphatic rings. The normalized spacial score (nSPS) is 10.0. The highest BCUT2D eigenvalue weighted by atomic mass is 79.9. The summed E-state index contributed by atoms with van der Waals surface area (Å²) in [7, 11) is 1.51. The van der Waals surface area contributed by atoms with Crippen molar-refractivity contribution < 1.29 is 9.53 Å². The molecule has 2 aromatic rings. The molecule has 0 aliphatic carbocycles. The third kappa shape index (κ3) is 3.03. The molecule has 1 aromatic heterocycles. The number of rotatable bonds is 3. The lowest BCUT2D eigenvalue weighted by Gasteiger charge is -2.09. The van der Waals surface area contributed by atoms with Crippen LogP contribution in [0.5, 0.6) is 5.75 Å². The quantitative estimate of drug-likeness (QED) is 0.852. The van der Waals surface area contributed by atoms with Gasteiger partial charge in [0, 0.05) is 18.0 Å². The van der Waals surface area contributed by atoms with Crippen molar-refractivity contribution in [3.05, 3.63) is 46.7 Å². The Morgan fingerprint density at radius 1 is 1.42 bits per heavy atom. The molecule has 98 valence electrons. The molecule has 0 unspecified atom stereocenters. The molecule has 0 spiro atoms.